The van der Waals surface area contributed by atoms with Gasteiger partial charge in [0.15, 0.2) is 11.3 Å². The van der Waals surface area contributed by atoms with Crippen molar-refractivity contribution >= 4 is 35.2 Å². The number of benzene rings is 2. The molecule has 3 amide bonds. The van der Waals surface area contributed by atoms with E-state index < -0.39 is 17.9 Å². The predicted octanol–water partition coefficient (Wildman–Crippen LogP) is 3.00. The summed E-state index contributed by atoms with van der Waals surface area (Å²) < 4.78 is 7.55. The van der Waals surface area contributed by atoms with Crippen molar-refractivity contribution in [2.45, 2.75) is 32.0 Å². The number of nitrogens with one attached hydrogen (secondary N) is 3. The number of amides is 3. The zero-order valence-electron chi connectivity index (χ0n) is 19.4. The molecule has 0 aliphatic carbocycles. The molecule has 0 aliphatic heterocycles. The van der Waals surface area contributed by atoms with Crippen molar-refractivity contribution < 1.29 is 19.1 Å². The Hall–Kier alpha value is -3.79. The molecule has 3 aromatic rings. The predicted molar refractivity (Wildman–Crippen MR) is 131 cm³/mol. The van der Waals surface area contributed by atoms with Crippen LogP contribution in [-0.4, -0.2) is 39.1 Å². The third-order valence-corrected chi connectivity index (χ3v) is 6.13. The van der Waals surface area contributed by atoms with Crippen LogP contribution in [0.5, 0.6) is 5.75 Å². The van der Waals surface area contributed by atoms with Crippen molar-refractivity contribution in [3.05, 3.63) is 71.5 Å². The quantitative estimate of drug-likeness (QED) is 0.337. The highest BCUT2D eigenvalue weighted by Gasteiger charge is 2.17. The molecule has 0 spiro atoms. The number of anilines is 1. The van der Waals surface area contributed by atoms with Gasteiger partial charge in [0.1, 0.15) is 5.75 Å². The molecule has 0 bridgehead atoms. The van der Waals surface area contributed by atoms with Crippen molar-refractivity contribution in [3.8, 4) is 5.75 Å². The van der Waals surface area contributed by atoms with Gasteiger partial charge in [-0.1, -0.05) is 23.9 Å². The molecule has 0 fully saturated rings. The first-order chi connectivity index (χ1) is 16.2. The monoisotopic (exact) mass is 481 g/mol. The van der Waals surface area contributed by atoms with Gasteiger partial charge in [0.05, 0.1) is 5.75 Å². The second kappa shape index (κ2) is 11.4. The first-order valence-electron chi connectivity index (χ1n) is 10.6. The smallest absolute Gasteiger partial charge is 0.279 e. The van der Waals surface area contributed by atoms with E-state index in [2.05, 4.69) is 21.2 Å². The normalized spacial score (nSPS) is 11.4. The Morgan fingerprint density at radius 3 is 2.50 bits per heavy atom. The number of nitrogens with zero attached hydrogens (tertiary/aromatic N) is 2. The Kier molecular flexibility index (Phi) is 8.31. The molecule has 0 saturated heterocycles. The van der Waals surface area contributed by atoms with Gasteiger partial charge in [0, 0.05) is 30.7 Å². The summed E-state index contributed by atoms with van der Waals surface area (Å²) in [5.41, 5.74) is 7.64. The minimum atomic E-state index is -0.804. The first-order valence-corrected chi connectivity index (χ1v) is 11.6. The molecule has 0 aliphatic rings. The number of rotatable bonds is 8. The molecule has 10 heteroatoms. The lowest BCUT2D eigenvalue weighted by Gasteiger charge is -2.17. The van der Waals surface area contributed by atoms with Crippen LogP contribution >= 0.6 is 11.8 Å². The van der Waals surface area contributed by atoms with Gasteiger partial charge in [-0.2, -0.15) is 0 Å². The van der Waals surface area contributed by atoms with E-state index in [-0.39, 0.29) is 11.7 Å². The van der Waals surface area contributed by atoms with Crippen LogP contribution in [0.15, 0.2) is 60.0 Å². The fourth-order valence-corrected chi connectivity index (χ4v) is 3.64. The number of carbonyl (C=O) groups is 3. The zero-order chi connectivity index (χ0) is 24.7. The molecule has 3 N–H and O–H groups in total. The van der Waals surface area contributed by atoms with Crippen molar-refractivity contribution in [1.29, 1.82) is 0 Å². The lowest BCUT2D eigenvalue weighted by molar-refractivity contribution is -0.128. The molecular formula is C24H27N5O4S. The third-order valence-electron chi connectivity index (χ3n) is 5.07. The highest BCUT2D eigenvalue weighted by Crippen LogP contribution is 2.21. The summed E-state index contributed by atoms with van der Waals surface area (Å²) in [4.78, 5) is 41.0. The average Bonchev–Trinajstić information content (AvgIpc) is 3.24. The van der Waals surface area contributed by atoms with E-state index in [4.69, 9.17) is 4.74 Å². The SMILES string of the molecule is Cc1cccc(O[C@H](C)C(=O)NNC(=O)c2ccc(NC(=O)CSc3nccn3C)cc2)c1C. The van der Waals surface area contributed by atoms with Crippen LogP contribution in [0.1, 0.15) is 28.4 Å². The van der Waals surface area contributed by atoms with Gasteiger partial charge in [0.25, 0.3) is 11.8 Å². The fourth-order valence-electron chi connectivity index (χ4n) is 2.91. The summed E-state index contributed by atoms with van der Waals surface area (Å²) >= 11 is 1.33. The molecule has 0 unspecified atom stereocenters. The van der Waals surface area contributed by atoms with Gasteiger partial charge in [0.2, 0.25) is 5.91 Å². The Morgan fingerprint density at radius 1 is 1.09 bits per heavy atom. The molecule has 1 heterocycles. The number of ether oxygens (including phenoxy) is 1. The molecule has 9 nitrogen and oxygen atoms in total. The highest BCUT2D eigenvalue weighted by molar-refractivity contribution is 7.99. The van der Waals surface area contributed by atoms with Gasteiger partial charge >= 0.3 is 0 Å². The van der Waals surface area contributed by atoms with E-state index in [1.54, 1.807) is 43.5 Å². The number of aryl methyl sites for hydroxylation is 2. The van der Waals surface area contributed by atoms with E-state index in [0.29, 0.717) is 17.0 Å². The maximum absolute atomic E-state index is 12.4. The average molecular weight is 482 g/mol. The lowest BCUT2D eigenvalue weighted by Crippen LogP contribution is -2.47. The maximum atomic E-state index is 12.4. The topological polar surface area (TPSA) is 114 Å². The number of hydrazine groups is 1. The van der Waals surface area contributed by atoms with Crippen molar-refractivity contribution in [2.75, 3.05) is 11.1 Å². The highest BCUT2D eigenvalue weighted by atomic mass is 32.2. The Morgan fingerprint density at radius 2 is 1.82 bits per heavy atom. The van der Waals surface area contributed by atoms with Gasteiger partial charge in [-0.05, 0) is 62.2 Å². The number of hydrogen-bond acceptors (Lipinski definition) is 6. The third kappa shape index (κ3) is 6.61. The Labute approximate surface area is 202 Å². The molecule has 178 valence electrons. The van der Waals surface area contributed by atoms with E-state index >= 15 is 0 Å². The fraction of sp³-hybridized carbons (Fsp3) is 0.250. The first kappa shape index (κ1) is 24.8. The van der Waals surface area contributed by atoms with Gasteiger partial charge in [-0.15, -0.1) is 0 Å². The summed E-state index contributed by atoms with van der Waals surface area (Å²) in [6, 6.07) is 12.0. The van der Waals surface area contributed by atoms with Crippen LogP contribution in [0.3, 0.4) is 0 Å². The molecule has 0 radical (unpaired) electrons. The van der Waals surface area contributed by atoms with E-state index in [9.17, 15) is 14.4 Å². The van der Waals surface area contributed by atoms with Gasteiger partial charge in [-0.25, -0.2) is 4.98 Å². The van der Waals surface area contributed by atoms with E-state index in [0.717, 1.165) is 16.3 Å². The minimum Gasteiger partial charge on any atom is -0.481 e. The molecule has 1 aromatic heterocycles. The number of imidazole rings is 1. The number of carbonyl (C=O) groups excluding carboxylic acids is 3. The summed E-state index contributed by atoms with van der Waals surface area (Å²) in [5, 5.41) is 3.52. The lowest BCUT2D eigenvalue weighted by atomic mass is 10.1. The van der Waals surface area contributed by atoms with Crippen molar-refractivity contribution in [1.82, 2.24) is 20.4 Å². The summed E-state index contributed by atoms with van der Waals surface area (Å²) in [6.45, 7) is 5.49. The summed E-state index contributed by atoms with van der Waals surface area (Å²) in [7, 11) is 1.86. The molecule has 3 rings (SSSR count). The second-order valence-electron chi connectivity index (χ2n) is 7.64. The maximum Gasteiger partial charge on any atom is 0.279 e. The van der Waals surface area contributed by atoms with Gasteiger partial charge in [-0.3, -0.25) is 25.2 Å². The number of aromatic nitrogens is 2. The Bertz CT molecular complexity index is 1180. The largest absolute Gasteiger partial charge is 0.481 e. The van der Waals surface area contributed by atoms with Crippen LogP contribution < -0.4 is 20.9 Å². The van der Waals surface area contributed by atoms with Crippen LogP contribution in [0.4, 0.5) is 5.69 Å². The molecule has 0 saturated carbocycles. The van der Waals surface area contributed by atoms with Crippen LogP contribution in [0, 0.1) is 13.8 Å². The molecule has 1 atom stereocenters. The second-order valence-corrected chi connectivity index (χ2v) is 8.58. The van der Waals surface area contributed by atoms with E-state index in [1.807, 2.05) is 43.8 Å². The number of thioether (sulfide) groups is 1. The summed E-state index contributed by atoms with van der Waals surface area (Å²) in [5.74, 6) is -0.333. The van der Waals surface area contributed by atoms with Crippen LogP contribution in [-0.2, 0) is 16.6 Å². The standard InChI is InChI=1S/C24H27N5O4S/c1-15-6-5-7-20(16(15)2)33-17(3)22(31)27-28-23(32)18-8-10-19(11-9-18)26-21(30)14-34-24-25-12-13-29(24)4/h5-13,17H,14H2,1-4H3,(H,26,30)(H,27,31)(H,28,32)/t17-/m1/s1. The number of hydrogen-bond donors (Lipinski definition) is 3. The summed E-state index contributed by atoms with van der Waals surface area (Å²) in [6.07, 6.45) is 2.68. The Balaban J connectivity index is 1.45. The van der Waals surface area contributed by atoms with Gasteiger partial charge < -0.3 is 14.6 Å². The molecule has 34 heavy (non-hydrogen) atoms. The minimum absolute atomic E-state index is 0.185. The van der Waals surface area contributed by atoms with Crippen molar-refractivity contribution in [3.63, 3.8) is 0 Å². The zero-order valence-corrected chi connectivity index (χ0v) is 20.2. The van der Waals surface area contributed by atoms with Crippen molar-refractivity contribution in [2.24, 2.45) is 7.05 Å². The van der Waals surface area contributed by atoms with Crippen LogP contribution in [0.2, 0.25) is 0 Å². The van der Waals surface area contributed by atoms with E-state index in [1.165, 1.54) is 11.8 Å². The van der Waals surface area contributed by atoms with Crippen LogP contribution in [0.25, 0.3) is 0 Å². The molecular weight excluding hydrogens is 454 g/mol. The molecule has 2 aromatic carbocycles.